The molecule has 3 aliphatic rings. The van der Waals surface area contributed by atoms with Crippen molar-refractivity contribution < 1.29 is 14.7 Å². The Morgan fingerprint density at radius 1 is 1.13 bits per heavy atom. The molecule has 2 fully saturated rings. The van der Waals surface area contributed by atoms with Crippen molar-refractivity contribution in [2.75, 3.05) is 13.1 Å². The van der Waals surface area contributed by atoms with E-state index < -0.39 is 5.97 Å². The van der Waals surface area contributed by atoms with Gasteiger partial charge in [0, 0.05) is 13.1 Å². The summed E-state index contributed by atoms with van der Waals surface area (Å²) in [5.41, 5.74) is 2.17. The van der Waals surface area contributed by atoms with Crippen LogP contribution in [0.3, 0.4) is 0 Å². The van der Waals surface area contributed by atoms with Crippen molar-refractivity contribution in [1.29, 1.82) is 0 Å². The number of likely N-dealkylation sites (tertiary alicyclic amines) is 1. The second kappa shape index (κ2) is 5.52. The summed E-state index contributed by atoms with van der Waals surface area (Å²) < 4.78 is 0. The van der Waals surface area contributed by atoms with Crippen LogP contribution in [0.1, 0.15) is 36.3 Å². The zero-order chi connectivity index (χ0) is 16.0. The number of carboxylic acid groups (broad SMARTS) is 1. The largest absolute Gasteiger partial charge is 0.481 e. The molecular weight excluding hydrogens is 290 g/mol. The van der Waals surface area contributed by atoms with Crippen LogP contribution in [-0.2, 0) is 9.59 Å². The molecule has 2 aliphatic carbocycles. The number of hydrogen-bond donors (Lipinski definition) is 1. The van der Waals surface area contributed by atoms with Crippen LogP contribution in [0, 0.1) is 17.8 Å². The second-order valence-electron chi connectivity index (χ2n) is 7.01. The topological polar surface area (TPSA) is 57.6 Å². The molecular formula is C19H21NO3. The Labute approximate surface area is 135 Å². The number of carboxylic acids is 1. The van der Waals surface area contributed by atoms with Crippen LogP contribution < -0.4 is 0 Å². The minimum absolute atomic E-state index is 0.0937. The molecule has 1 saturated heterocycles. The first-order chi connectivity index (χ1) is 11.1. The molecule has 3 atom stereocenters. The van der Waals surface area contributed by atoms with Gasteiger partial charge in [0.05, 0.1) is 11.8 Å². The van der Waals surface area contributed by atoms with Crippen molar-refractivity contribution in [3.05, 3.63) is 41.5 Å². The zero-order valence-corrected chi connectivity index (χ0v) is 13.0. The molecule has 1 aromatic rings. The van der Waals surface area contributed by atoms with E-state index in [1.165, 1.54) is 0 Å². The molecule has 1 saturated carbocycles. The number of nitrogens with zero attached hydrogens (tertiary/aromatic N) is 1. The van der Waals surface area contributed by atoms with Gasteiger partial charge in [-0.3, -0.25) is 9.59 Å². The summed E-state index contributed by atoms with van der Waals surface area (Å²) in [5.74, 6) is -0.556. The zero-order valence-electron chi connectivity index (χ0n) is 13.0. The number of aliphatic carboxylic acids is 1. The molecule has 4 rings (SSSR count). The van der Waals surface area contributed by atoms with Crippen molar-refractivity contribution in [1.82, 2.24) is 4.90 Å². The quantitative estimate of drug-likeness (QED) is 0.934. The van der Waals surface area contributed by atoms with Crippen LogP contribution in [0.2, 0.25) is 0 Å². The molecule has 1 heterocycles. The summed E-state index contributed by atoms with van der Waals surface area (Å²) in [5, 5.41) is 9.48. The van der Waals surface area contributed by atoms with Crippen molar-refractivity contribution in [3.63, 3.8) is 0 Å². The highest BCUT2D eigenvalue weighted by Crippen LogP contribution is 2.45. The average Bonchev–Trinajstić information content (AvgIpc) is 3.31. The van der Waals surface area contributed by atoms with Gasteiger partial charge in [0.1, 0.15) is 0 Å². The van der Waals surface area contributed by atoms with E-state index in [0.717, 1.165) is 24.0 Å². The van der Waals surface area contributed by atoms with Crippen LogP contribution in [0.25, 0.3) is 6.08 Å². The Kier molecular flexibility index (Phi) is 3.47. The lowest BCUT2D eigenvalue weighted by molar-refractivity contribution is -0.142. The Morgan fingerprint density at radius 3 is 2.65 bits per heavy atom. The van der Waals surface area contributed by atoms with Gasteiger partial charge in [0.2, 0.25) is 5.91 Å². The summed E-state index contributed by atoms with van der Waals surface area (Å²) in [6.07, 6.45) is 7.05. The lowest BCUT2D eigenvalue weighted by Crippen LogP contribution is -2.34. The van der Waals surface area contributed by atoms with Crippen molar-refractivity contribution in [3.8, 4) is 0 Å². The van der Waals surface area contributed by atoms with E-state index in [1.54, 1.807) is 0 Å². The van der Waals surface area contributed by atoms with E-state index in [1.807, 2.05) is 35.2 Å². The third-order valence-corrected chi connectivity index (χ3v) is 5.56. The first-order valence-electron chi connectivity index (χ1n) is 8.42. The van der Waals surface area contributed by atoms with Gasteiger partial charge in [0.15, 0.2) is 0 Å². The lowest BCUT2D eigenvalue weighted by Gasteiger charge is -2.26. The van der Waals surface area contributed by atoms with Gasteiger partial charge < -0.3 is 10.0 Å². The van der Waals surface area contributed by atoms with E-state index in [0.29, 0.717) is 25.4 Å². The van der Waals surface area contributed by atoms with Gasteiger partial charge >= 0.3 is 5.97 Å². The van der Waals surface area contributed by atoms with Crippen molar-refractivity contribution >= 4 is 18.0 Å². The molecule has 1 aliphatic heterocycles. The van der Waals surface area contributed by atoms with Gasteiger partial charge in [-0.2, -0.15) is 0 Å². The van der Waals surface area contributed by atoms with E-state index >= 15 is 0 Å². The summed E-state index contributed by atoms with van der Waals surface area (Å²) >= 11 is 0. The maximum atomic E-state index is 13.0. The second-order valence-corrected chi connectivity index (χ2v) is 7.01. The van der Waals surface area contributed by atoms with Crippen LogP contribution >= 0.6 is 0 Å². The number of hydrogen-bond acceptors (Lipinski definition) is 2. The molecule has 4 heteroatoms. The minimum atomic E-state index is -0.749. The number of carbonyl (C=O) groups is 2. The fourth-order valence-electron chi connectivity index (χ4n) is 4.16. The SMILES string of the molecule is O=C(O)[C@@H]1CN(C(=O)C2CC=Cc3ccccc32)C[C@H]1C1CC1. The standard InChI is InChI=1S/C19H21NO3/c21-18(15-7-3-5-12-4-1-2-6-14(12)15)20-10-16(13-8-9-13)17(11-20)19(22)23/h1-6,13,15-17H,7-11H2,(H,22,23)/t15?,16-,17+/m0/s1. The Morgan fingerprint density at radius 2 is 1.91 bits per heavy atom. The molecule has 1 amide bonds. The maximum absolute atomic E-state index is 13.0. The molecule has 0 aromatic heterocycles. The average molecular weight is 311 g/mol. The Bertz CT molecular complexity index is 677. The Hall–Kier alpha value is -2.10. The maximum Gasteiger partial charge on any atom is 0.308 e. The lowest BCUT2D eigenvalue weighted by atomic mass is 9.86. The van der Waals surface area contributed by atoms with E-state index in [2.05, 4.69) is 6.08 Å². The molecule has 120 valence electrons. The van der Waals surface area contributed by atoms with Gasteiger partial charge in [-0.15, -0.1) is 0 Å². The summed E-state index contributed by atoms with van der Waals surface area (Å²) in [7, 11) is 0. The third-order valence-electron chi connectivity index (χ3n) is 5.56. The number of carbonyl (C=O) groups excluding carboxylic acids is 1. The smallest absolute Gasteiger partial charge is 0.308 e. The number of fused-ring (bicyclic) bond motifs is 1. The molecule has 4 nitrogen and oxygen atoms in total. The summed E-state index contributed by atoms with van der Waals surface area (Å²) in [4.78, 5) is 26.4. The number of rotatable bonds is 3. The molecule has 0 spiro atoms. The molecule has 0 radical (unpaired) electrons. The molecule has 1 N–H and O–H groups in total. The molecule has 1 unspecified atom stereocenters. The summed E-state index contributed by atoms with van der Waals surface area (Å²) in [6, 6.07) is 8.00. The van der Waals surface area contributed by atoms with E-state index in [-0.39, 0.29) is 23.7 Å². The van der Waals surface area contributed by atoms with E-state index in [4.69, 9.17) is 0 Å². The van der Waals surface area contributed by atoms with Crippen LogP contribution in [0.15, 0.2) is 30.3 Å². The van der Waals surface area contributed by atoms with Gasteiger partial charge in [-0.1, -0.05) is 36.4 Å². The highest BCUT2D eigenvalue weighted by atomic mass is 16.4. The molecule has 0 bridgehead atoms. The fourth-order valence-corrected chi connectivity index (χ4v) is 4.16. The van der Waals surface area contributed by atoms with Crippen LogP contribution in [0.4, 0.5) is 0 Å². The van der Waals surface area contributed by atoms with Crippen molar-refractivity contribution in [2.45, 2.75) is 25.2 Å². The Balaban J connectivity index is 1.56. The minimum Gasteiger partial charge on any atom is -0.481 e. The monoisotopic (exact) mass is 311 g/mol. The molecule has 23 heavy (non-hydrogen) atoms. The fraction of sp³-hybridized carbons (Fsp3) is 0.474. The highest BCUT2D eigenvalue weighted by molar-refractivity contribution is 5.87. The predicted molar refractivity (Wildman–Crippen MR) is 86.8 cm³/mol. The van der Waals surface area contributed by atoms with Gasteiger partial charge in [-0.25, -0.2) is 0 Å². The third kappa shape index (κ3) is 2.56. The van der Waals surface area contributed by atoms with Gasteiger partial charge in [-0.05, 0) is 42.2 Å². The normalized spacial score (nSPS) is 29.4. The van der Waals surface area contributed by atoms with Gasteiger partial charge in [0.25, 0.3) is 0 Å². The van der Waals surface area contributed by atoms with Crippen LogP contribution in [0.5, 0.6) is 0 Å². The predicted octanol–water partition coefficient (Wildman–Crippen LogP) is 2.76. The summed E-state index contributed by atoms with van der Waals surface area (Å²) in [6.45, 7) is 0.987. The van der Waals surface area contributed by atoms with Crippen LogP contribution in [-0.4, -0.2) is 35.0 Å². The number of amides is 1. The highest BCUT2D eigenvalue weighted by Gasteiger charge is 2.47. The number of allylic oxidation sites excluding steroid dienone is 1. The molecule has 1 aromatic carbocycles. The van der Waals surface area contributed by atoms with Crippen molar-refractivity contribution in [2.24, 2.45) is 17.8 Å². The number of benzene rings is 1. The first-order valence-corrected chi connectivity index (χ1v) is 8.42. The first kappa shape index (κ1) is 14.5. The van der Waals surface area contributed by atoms with E-state index in [9.17, 15) is 14.7 Å².